The van der Waals surface area contributed by atoms with E-state index in [1.807, 2.05) is 13.8 Å². The third-order valence-corrected chi connectivity index (χ3v) is 4.08. The van der Waals surface area contributed by atoms with Gasteiger partial charge < -0.3 is 30.2 Å². The SMILES string of the molecule is COc1ccc(NC(=O)COC(=O)c2ccc(CNC(=O)NC(C)C)cc2)c(OC)c1. The molecule has 0 saturated carbocycles. The quantitative estimate of drug-likeness (QED) is 0.528. The number of hydrogen-bond acceptors (Lipinski definition) is 6. The molecule has 3 amide bonds. The molecule has 2 aromatic rings. The van der Waals surface area contributed by atoms with Gasteiger partial charge in [-0.1, -0.05) is 12.1 Å². The normalized spacial score (nSPS) is 10.2. The van der Waals surface area contributed by atoms with E-state index in [0.717, 1.165) is 5.56 Å². The summed E-state index contributed by atoms with van der Waals surface area (Å²) in [6.45, 7) is 3.61. The molecule has 0 aliphatic heterocycles. The lowest BCUT2D eigenvalue weighted by atomic mass is 10.1. The second-order valence-electron chi connectivity index (χ2n) is 6.87. The third-order valence-electron chi connectivity index (χ3n) is 4.08. The van der Waals surface area contributed by atoms with Gasteiger partial charge in [-0.25, -0.2) is 9.59 Å². The number of amides is 3. The van der Waals surface area contributed by atoms with Gasteiger partial charge in [0, 0.05) is 18.7 Å². The molecule has 0 aliphatic carbocycles. The first-order valence-corrected chi connectivity index (χ1v) is 9.64. The van der Waals surface area contributed by atoms with E-state index in [4.69, 9.17) is 14.2 Å². The van der Waals surface area contributed by atoms with Gasteiger partial charge in [0.2, 0.25) is 0 Å². The molecule has 3 N–H and O–H groups in total. The zero-order valence-corrected chi connectivity index (χ0v) is 18.0. The largest absolute Gasteiger partial charge is 0.497 e. The van der Waals surface area contributed by atoms with Crippen molar-refractivity contribution in [1.82, 2.24) is 10.6 Å². The zero-order chi connectivity index (χ0) is 22.8. The third kappa shape index (κ3) is 7.54. The van der Waals surface area contributed by atoms with Gasteiger partial charge in [0.05, 0.1) is 25.5 Å². The minimum Gasteiger partial charge on any atom is -0.497 e. The maximum atomic E-state index is 12.2. The van der Waals surface area contributed by atoms with E-state index in [1.54, 1.807) is 42.5 Å². The van der Waals surface area contributed by atoms with E-state index < -0.39 is 18.5 Å². The number of ether oxygens (including phenoxy) is 3. The highest BCUT2D eigenvalue weighted by Gasteiger charge is 2.13. The Morgan fingerprint density at radius 1 is 0.968 bits per heavy atom. The molecule has 2 rings (SSSR count). The van der Waals surface area contributed by atoms with E-state index in [2.05, 4.69) is 16.0 Å². The van der Waals surface area contributed by atoms with E-state index in [9.17, 15) is 14.4 Å². The Morgan fingerprint density at radius 2 is 1.68 bits per heavy atom. The number of urea groups is 1. The molecule has 0 atom stereocenters. The summed E-state index contributed by atoms with van der Waals surface area (Å²) in [6.07, 6.45) is 0. The Morgan fingerprint density at radius 3 is 2.29 bits per heavy atom. The monoisotopic (exact) mass is 429 g/mol. The number of nitrogens with one attached hydrogen (secondary N) is 3. The Labute approximate surface area is 181 Å². The molecule has 0 bridgehead atoms. The van der Waals surface area contributed by atoms with Crippen LogP contribution in [0.4, 0.5) is 10.5 Å². The van der Waals surface area contributed by atoms with Crippen molar-refractivity contribution >= 4 is 23.6 Å². The van der Waals surface area contributed by atoms with Gasteiger partial charge in [0.1, 0.15) is 11.5 Å². The summed E-state index contributed by atoms with van der Waals surface area (Å²) in [4.78, 5) is 35.9. The minimum atomic E-state index is -0.631. The predicted molar refractivity (Wildman–Crippen MR) is 115 cm³/mol. The average molecular weight is 429 g/mol. The van der Waals surface area contributed by atoms with Crippen molar-refractivity contribution in [2.24, 2.45) is 0 Å². The van der Waals surface area contributed by atoms with Crippen LogP contribution in [0.3, 0.4) is 0 Å². The van der Waals surface area contributed by atoms with Crippen LogP contribution in [0, 0.1) is 0 Å². The molecule has 0 heterocycles. The molecular weight excluding hydrogens is 402 g/mol. The molecule has 0 aromatic heterocycles. The summed E-state index contributed by atoms with van der Waals surface area (Å²) in [5, 5.41) is 8.07. The van der Waals surface area contributed by atoms with E-state index in [-0.39, 0.29) is 12.1 Å². The van der Waals surface area contributed by atoms with Crippen molar-refractivity contribution in [2.45, 2.75) is 26.4 Å². The first-order valence-electron chi connectivity index (χ1n) is 9.64. The van der Waals surface area contributed by atoms with Crippen molar-refractivity contribution in [1.29, 1.82) is 0 Å². The van der Waals surface area contributed by atoms with Crippen molar-refractivity contribution in [3.05, 3.63) is 53.6 Å². The summed E-state index contributed by atoms with van der Waals surface area (Å²) in [5.74, 6) is -0.131. The van der Waals surface area contributed by atoms with Crippen LogP contribution < -0.4 is 25.4 Å². The summed E-state index contributed by atoms with van der Waals surface area (Å²) in [6, 6.07) is 11.3. The van der Waals surface area contributed by atoms with Gasteiger partial charge in [-0.15, -0.1) is 0 Å². The summed E-state index contributed by atoms with van der Waals surface area (Å²) < 4.78 is 15.4. The van der Waals surface area contributed by atoms with Gasteiger partial charge in [-0.3, -0.25) is 4.79 Å². The smallest absolute Gasteiger partial charge is 0.338 e. The first kappa shape index (κ1) is 23.5. The van der Waals surface area contributed by atoms with Crippen LogP contribution >= 0.6 is 0 Å². The predicted octanol–water partition coefficient (Wildman–Crippen LogP) is 2.71. The maximum absolute atomic E-state index is 12.2. The number of benzene rings is 2. The Kier molecular flexibility index (Phi) is 8.68. The number of methoxy groups -OCH3 is 2. The van der Waals surface area contributed by atoms with Crippen LogP contribution in [0.15, 0.2) is 42.5 Å². The molecule has 9 nitrogen and oxygen atoms in total. The fraction of sp³-hybridized carbons (Fsp3) is 0.318. The van der Waals surface area contributed by atoms with Crippen LogP contribution in [0.1, 0.15) is 29.8 Å². The molecule has 9 heteroatoms. The molecule has 0 fully saturated rings. The Bertz CT molecular complexity index is 912. The number of carbonyl (C=O) groups is 3. The summed E-state index contributed by atoms with van der Waals surface area (Å²) in [7, 11) is 3.00. The standard InChI is InChI=1S/C22H27N3O6/c1-14(2)24-22(28)23-12-15-5-7-16(8-6-15)21(27)31-13-20(26)25-18-10-9-17(29-3)11-19(18)30-4/h5-11,14H,12-13H2,1-4H3,(H,25,26)(H2,23,24,28). The van der Waals surface area contributed by atoms with Gasteiger partial charge in [-0.2, -0.15) is 0 Å². The zero-order valence-electron chi connectivity index (χ0n) is 18.0. The highest BCUT2D eigenvalue weighted by Crippen LogP contribution is 2.28. The number of anilines is 1. The summed E-state index contributed by atoms with van der Waals surface area (Å²) in [5.41, 5.74) is 1.55. The second-order valence-corrected chi connectivity index (χ2v) is 6.87. The highest BCUT2D eigenvalue weighted by molar-refractivity contribution is 5.96. The Hall–Kier alpha value is -3.75. The minimum absolute atomic E-state index is 0.0418. The molecule has 31 heavy (non-hydrogen) atoms. The maximum Gasteiger partial charge on any atom is 0.338 e. The van der Waals surface area contributed by atoms with E-state index in [0.29, 0.717) is 29.3 Å². The van der Waals surface area contributed by atoms with Crippen LogP contribution in [-0.4, -0.2) is 44.8 Å². The van der Waals surface area contributed by atoms with Crippen molar-refractivity contribution < 1.29 is 28.6 Å². The number of rotatable bonds is 9. The van der Waals surface area contributed by atoms with Gasteiger partial charge in [0.25, 0.3) is 5.91 Å². The molecule has 0 saturated heterocycles. The van der Waals surface area contributed by atoms with Gasteiger partial charge in [-0.05, 0) is 43.7 Å². The van der Waals surface area contributed by atoms with Gasteiger partial charge in [0.15, 0.2) is 6.61 Å². The molecular formula is C22H27N3O6. The van der Waals surface area contributed by atoms with Crippen molar-refractivity contribution in [3.63, 3.8) is 0 Å². The molecule has 0 radical (unpaired) electrons. The van der Waals surface area contributed by atoms with E-state index >= 15 is 0 Å². The first-order chi connectivity index (χ1) is 14.8. The van der Waals surface area contributed by atoms with Crippen LogP contribution in [0.5, 0.6) is 11.5 Å². The van der Waals surface area contributed by atoms with Crippen LogP contribution in [-0.2, 0) is 16.1 Å². The van der Waals surface area contributed by atoms with Crippen molar-refractivity contribution in [3.8, 4) is 11.5 Å². The number of hydrogen-bond donors (Lipinski definition) is 3. The average Bonchev–Trinajstić information content (AvgIpc) is 2.76. The summed E-state index contributed by atoms with van der Waals surface area (Å²) >= 11 is 0. The lowest BCUT2D eigenvalue weighted by molar-refractivity contribution is -0.119. The second kappa shape index (κ2) is 11.4. The molecule has 2 aromatic carbocycles. The lowest BCUT2D eigenvalue weighted by Gasteiger charge is -2.12. The van der Waals surface area contributed by atoms with Gasteiger partial charge >= 0.3 is 12.0 Å². The lowest BCUT2D eigenvalue weighted by Crippen LogP contribution is -2.39. The fourth-order valence-corrected chi connectivity index (χ4v) is 2.56. The molecule has 0 spiro atoms. The Balaban J connectivity index is 1.84. The van der Waals surface area contributed by atoms with Crippen LogP contribution in [0.25, 0.3) is 0 Å². The number of esters is 1. The highest BCUT2D eigenvalue weighted by atomic mass is 16.5. The molecule has 166 valence electrons. The topological polar surface area (TPSA) is 115 Å². The molecule has 0 aliphatic rings. The van der Waals surface area contributed by atoms with E-state index in [1.165, 1.54) is 14.2 Å². The number of carbonyl (C=O) groups excluding carboxylic acids is 3. The van der Waals surface area contributed by atoms with Crippen molar-refractivity contribution in [2.75, 3.05) is 26.1 Å². The fourth-order valence-electron chi connectivity index (χ4n) is 2.56. The van der Waals surface area contributed by atoms with Crippen LogP contribution in [0.2, 0.25) is 0 Å². The molecule has 0 unspecified atom stereocenters.